The molecule has 1 fully saturated rings. The molecular weight excluding hydrogens is 526 g/mol. The van der Waals surface area contributed by atoms with E-state index in [-0.39, 0.29) is 17.1 Å². The van der Waals surface area contributed by atoms with Crippen LogP contribution in [0.1, 0.15) is 53.9 Å². The van der Waals surface area contributed by atoms with Gasteiger partial charge in [0.1, 0.15) is 24.1 Å². The number of aliphatic carboxylic acids is 1. The molecule has 9 heteroatoms. The molecule has 1 heterocycles. The van der Waals surface area contributed by atoms with Crippen LogP contribution in [0.5, 0.6) is 5.75 Å². The van der Waals surface area contributed by atoms with Gasteiger partial charge >= 0.3 is 5.97 Å². The molecule has 0 bridgehead atoms. The van der Waals surface area contributed by atoms with Crippen LogP contribution in [-0.4, -0.2) is 63.0 Å². The zero-order valence-electron chi connectivity index (χ0n) is 24.2. The van der Waals surface area contributed by atoms with E-state index in [4.69, 9.17) is 14.6 Å². The Hall–Kier alpha value is -3.50. The topological polar surface area (TPSA) is 146 Å². The highest BCUT2D eigenvalue weighted by Crippen LogP contribution is 2.40. The van der Waals surface area contributed by atoms with Crippen molar-refractivity contribution in [2.24, 2.45) is 5.41 Å². The average molecular weight is 568 g/mol. The van der Waals surface area contributed by atoms with Crippen LogP contribution in [-0.2, 0) is 14.3 Å². The molecule has 5 N–H and O–H groups in total. The third-order valence-corrected chi connectivity index (χ3v) is 7.32. The van der Waals surface area contributed by atoms with Gasteiger partial charge < -0.3 is 35.2 Å². The summed E-state index contributed by atoms with van der Waals surface area (Å²) in [5.74, 6) is -1.62. The second-order valence-corrected chi connectivity index (χ2v) is 11.3. The summed E-state index contributed by atoms with van der Waals surface area (Å²) >= 11 is 0. The van der Waals surface area contributed by atoms with Gasteiger partial charge in [0.05, 0.1) is 0 Å². The fourth-order valence-corrected chi connectivity index (χ4v) is 4.97. The monoisotopic (exact) mass is 567 g/mol. The molecule has 1 aromatic carbocycles. The highest BCUT2D eigenvalue weighted by molar-refractivity contribution is 6.00. The van der Waals surface area contributed by atoms with Crippen LogP contribution in [0, 0.1) is 5.41 Å². The van der Waals surface area contributed by atoms with Crippen molar-refractivity contribution in [2.75, 3.05) is 5.32 Å². The number of carbonyl (C=O) groups excluding carboxylic acids is 1. The van der Waals surface area contributed by atoms with E-state index in [0.29, 0.717) is 5.69 Å². The lowest BCUT2D eigenvalue weighted by atomic mass is 9.72. The molecule has 9 nitrogen and oxygen atoms in total. The minimum absolute atomic E-state index is 0.195. The number of hydrogen-bond acceptors (Lipinski definition) is 7. The number of hydrogen-bond donors (Lipinski definition) is 5. The first kappa shape index (κ1) is 32.0. The number of allylic oxidation sites excluding steroid dienone is 9. The summed E-state index contributed by atoms with van der Waals surface area (Å²) in [6, 6.07) is 6.10. The molecule has 1 aliphatic heterocycles. The highest BCUT2D eigenvalue weighted by Gasteiger charge is 2.48. The van der Waals surface area contributed by atoms with E-state index in [1.165, 1.54) is 42.2 Å². The summed E-state index contributed by atoms with van der Waals surface area (Å²) in [6.45, 7) is 10.7. The Kier molecular flexibility index (Phi) is 10.9. The van der Waals surface area contributed by atoms with Crippen LogP contribution in [0.25, 0.3) is 0 Å². The van der Waals surface area contributed by atoms with Crippen LogP contribution in [0.3, 0.4) is 0 Å². The van der Waals surface area contributed by atoms with Gasteiger partial charge in [-0.05, 0) is 80.9 Å². The SMILES string of the molecule is CC1=C(/C=C/C(C)=C/C=C/C(C)=C/C(=O)Nc2ccc(O[C@@H]3O[C@H](C(=O)O)[C@@H](O)C(O)C3O)cc2)C(C)(C)CCC1. The van der Waals surface area contributed by atoms with E-state index >= 15 is 0 Å². The molecule has 0 aromatic heterocycles. The van der Waals surface area contributed by atoms with Gasteiger partial charge in [0, 0.05) is 11.8 Å². The van der Waals surface area contributed by atoms with Crippen molar-refractivity contribution >= 4 is 17.6 Å². The first-order chi connectivity index (χ1) is 19.3. The van der Waals surface area contributed by atoms with Crippen molar-refractivity contribution in [2.45, 2.75) is 84.6 Å². The predicted octanol–water partition coefficient (Wildman–Crippen LogP) is 4.43. The number of carboxylic acid groups (broad SMARTS) is 1. The number of rotatable bonds is 9. The zero-order valence-corrected chi connectivity index (χ0v) is 24.2. The lowest BCUT2D eigenvalue weighted by Gasteiger charge is -2.38. The first-order valence-corrected chi connectivity index (χ1v) is 13.7. The Morgan fingerprint density at radius 1 is 1.02 bits per heavy atom. The number of carboxylic acids is 1. The second-order valence-electron chi connectivity index (χ2n) is 11.3. The molecule has 0 spiro atoms. The Balaban J connectivity index is 1.54. The number of ether oxygens (including phenoxy) is 2. The van der Waals surface area contributed by atoms with Gasteiger partial charge in [0.25, 0.3) is 0 Å². The Labute approximate surface area is 241 Å². The van der Waals surface area contributed by atoms with Gasteiger partial charge in [-0.15, -0.1) is 0 Å². The number of carbonyl (C=O) groups is 2. The fraction of sp³-hybridized carbons (Fsp3) is 0.438. The summed E-state index contributed by atoms with van der Waals surface area (Å²) in [5, 5.41) is 41.7. The Morgan fingerprint density at radius 2 is 1.71 bits per heavy atom. The summed E-state index contributed by atoms with van der Waals surface area (Å²) in [6.07, 6.45) is 6.69. The third kappa shape index (κ3) is 8.74. The largest absolute Gasteiger partial charge is 0.479 e. The van der Waals surface area contributed by atoms with Gasteiger partial charge in [-0.25, -0.2) is 4.79 Å². The normalized spacial score (nSPS) is 27.4. The number of aliphatic hydroxyl groups excluding tert-OH is 3. The molecule has 2 unspecified atom stereocenters. The molecule has 1 saturated heterocycles. The maximum absolute atomic E-state index is 12.5. The fourth-order valence-electron chi connectivity index (χ4n) is 4.97. The molecule has 222 valence electrons. The summed E-state index contributed by atoms with van der Waals surface area (Å²) < 4.78 is 10.6. The van der Waals surface area contributed by atoms with E-state index < -0.39 is 36.7 Å². The van der Waals surface area contributed by atoms with Gasteiger partial charge in [0.15, 0.2) is 6.10 Å². The molecule has 1 aliphatic carbocycles. The molecule has 5 atom stereocenters. The van der Waals surface area contributed by atoms with E-state index in [9.17, 15) is 24.9 Å². The third-order valence-electron chi connectivity index (χ3n) is 7.32. The van der Waals surface area contributed by atoms with E-state index in [1.54, 1.807) is 12.1 Å². The summed E-state index contributed by atoms with van der Waals surface area (Å²) in [7, 11) is 0. The van der Waals surface area contributed by atoms with Crippen molar-refractivity contribution in [1.29, 1.82) is 0 Å². The number of anilines is 1. The minimum atomic E-state index is -1.80. The van der Waals surface area contributed by atoms with Crippen LogP contribution < -0.4 is 10.1 Å². The standard InChI is InChI=1S/C32H41NO8/c1-19(11-16-24-21(3)10-7-17-32(24,4)5)8-6-9-20(2)18-25(34)33-22-12-14-23(15-13-22)40-31-28(37)26(35)27(36)29(41-31)30(38)39/h6,8-9,11-16,18,26-29,31,35-37H,7,10,17H2,1-5H3,(H,33,34)(H,38,39)/b9-6+,16-11+,19-8+,20-18+/t26?,27-,28?,29-,31+/m0/s1. The Bertz CT molecular complexity index is 1250. The lowest BCUT2D eigenvalue weighted by Crippen LogP contribution is -2.61. The number of amides is 1. The lowest BCUT2D eigenvalue weighted by molar-refractivity contribution is -0.271. The summed E-state index contributed by atoms with van der Waals surface area (Å²) in [5.41, 5.74) is 5.42. The molecule has 0 radical (unpaired) electrons. The number of aliphatic hydroxyl groups is 3. The van der Waals surface area contributed by atoms with Crippen LogP contribution >= 0.6 is 0 Å². The molecule has 2 aliphatic rings. The Morgan fingerprint density at radius 3 is 2.34 bits per heavy atom. The van der Waals surface area contributed by atoms with Gasteiger partial charge in [-0.1, -0.05) is 55.4 Å². The predicted molar refractivity (Wildman–Crippen MR) is 156 cm³/mol. The maximum atomic E-state index is 12.5. The molecule has 1 amide bonds. The molecule has 0 saturated carbocycles. The molecule has 3 rings (SSSR count). The quantitative estimate of drug-likeness (QED) is 0.218. The number of benzene rings is 1. The van der Waals surface area contributed by atoms with Crippen molar-refractivity contribution in [3.63, 3.8) is 0 Å². The molecule has 41 heavy (non-hydrogen) atoms. The maximum Gasteiger partial charge on any atom is 0.335 e. The zero-order chi connectivity index (χ0) is 30.3. The smallest absolute Gasteiger partial charge is 0.335 e. The van der Waals surface area contributed by atoms with Crippen LogP contribution in [0.2, 0.25) is 0 Å². The average Bonchev–Trinajstić information content (AvgIpc) is 2.89. The van der Waals surface area contributed by atoms with Crippen LogP contribution in [0.15, 0.2) is 83.0 Å². The van der Waals surface area contributed by atoms with Crippen molar-refractivity contribution in [1.82, 2.24) is 0 Å². The molecular formula is C32H41NO8. The van der Waals surface area contributed by atoms with Crippen molar-refractivity contribution in [3.05, 3.63) is 83.0 Å². The van der Waals surface area contributed by atoms with E-state index in [1.807, 2.05) is 32.1 Å². The van der Waals surface area contributed by atoms with E-state index in [2.05, 4.69) is 38.2 Å². The second kappa shape index (κ2) is 13.9. The van der Waals surface area contributed by atoms with Crippen molar-refractivity contribution < 1.29 is 39.5 Å². The van der Waals surface area contributed by atoms with Gasteiger partial charge in [0.2, 0.25) is 12.2 Å². The number of nitrogens with one attached hydrogen (secondary N) is 1. The molecule has 1 aromatic rings. The van der Waals surface area contributed by atoms with E-state index in [0.717, 1.165) is 17.6 Å². The summed E-state index contributed by atoms with van der Waals surface area (Å²) in [4.78, 5) is 23.7. The van der Waals surface area contributed by atoms with Crippen LogP contribution in [0.4, 0.5) is 5.69 Å². The van der Waals surface area contributed by atoms with Crippen molar-refractivity contribution in [3.8, 4) is 5.75 Å². The first-order valence-electron chi connectivity index (χ1n) is 13.7. The minimum Gasteiger partial charge on any atom is -0.479 e. The van der Waals surface area contributed by atoms with Gasteiger partial charge in [-0.2, -0.15) is 0 Å². The highest BCUT2D eigenvalue weighted by atomic mass is 16.7. The van der Waals surface area contributed by atoms with Gasteiger partial charge in [-0.3, -0.25) is 4.79 Å².